The first kappa shape index (κ1) is 7.52. The lowest BCUT2D eigenvalue weighted by atomic mass is 10.1. The molecule has 10 heavy (non-hydrogen) atoms. The third-order valence-corrected chi connectivity index (χ3v) is 2.21. The SMILES string of the molecule is C=CCC(=O)[C@@H]1C[C@H]1CC. The van der Waals surface area contributed by atoms with Gasteiger partial charge in [-0.2, -0.15) is 0 Å². The van der Waals surface area contributed by atoms with Crippen LogP contribution in [0.3, 0.4) is 0 Å². The van der Waals surface area contributed by atoms with Gasteiger partial charge in [0.2, 0.25) is 0 Å². The Hall–Kier alpha value is -0.590. The molecule has 0 unspecified atom stereocenters. The molecule has 1 aliphatic rings. The number of rotatable bonds is 4. The largest absolute Gasteiger partial charge is 0.299 e. The maximum Gasteiger partial charge on any atom is 0.139 e. The van der Waals surface area contributed by atoms with E-state index in [0.29, 0.717) is 24.0 Å². The summed E-state index contributed by atoms with van der Waals surface area (Å²) in [6.45, 7) is 5.69. The van der Waals surface area contributed by atoms with Crippen LogP contribution in [0.25, 0.3) is 0 Å². The highest BCUT2D eigenvalue weighted by Gasteiger charge is 2.39. The predicted molar refractivity (Wildman–Crippen MR) is 41.7 cm³/mol. The lowest BCUT2D eigenvalue weighted by Gasteiger charge is -1.91. The third-order valence-electron chi connectivity index (χ3n) is 2.21. The molecular weight excluding hydrogens is 124 g/mol. The number of allylic oxidation sites excluding steroid dienone is 1. The first-order valence-electron chi connectivity index (χ1n) is 3.93. The number of ketones is 1. The maximum atomic E-state index is 11.1. The lowest BCUT2D eigenvalue weighted by molar-refractivity contribution is -0.119. The van der Waals surface area contributed by atoms with Crippen molar-refractivity contribution < 1.29 is 4.79 Å². The van der Waals surface area contributed by atoms with E-state index in [9.17, 15) is 4.79 Å². The predicted octanol–water partition coefficient (Wildman–Crippen LogP) is 2.18. The Labute approximate surface area is 62.1 Å². The van der Waals surface area contributed by atoms with Crippen molar-refractivity contribution in [2.75, 3.05) is 0 Å². The summed E-state index contributed by atoms with van der Waals surface area (Å²) in [5, 5.41) is 0. The maximum absolute atomic E-state index is 11.1. The van der Waals surface area contributed by atoms with Crippen molar-refractivity contribution in [3.63, 3.8) is 0 Å². The second kappa shape index (κ2) is 3.00. The summed E-state index contributed by atoms with van der Waals surface area (Å²) >= 11 is 0. The Morgan fingerprint density at radius 1 is 1.80 bits per heavy atom. The first-order chi connectivity index (χ1) is 4.79. The van der Waals surface area contributed by atoms with Crippen LogP contribution in [0.2, 0.25) is 0 Å². The molecule has 1 rings (SSSR count). The number of hydrogen-bond acceptors (Lipinski definition) is 1. The van der Waals surface area contributed by atoms with E-state index in [4.69, 9.17) is 0 Å². The van der Waals surface area contributed by atoms with E-state index in [1.807, 2.05) is 0 Å². The fourth-order valence-corrected chi connectivity index (χ4v) is 1.39. The fourth-order valence-electron chi connectivity index (χ4n) is 1.39. The molecule has 0 aliphatic heterocycles. The van der Waals surface area contributed by atoms with Gasteiger partial charge in [0.05, 0.1) is 0 Å². The Kier molecular flexibility index (Phi) is 2.25. The lowest BCUT2D eigenvalue weighted by Crippen LogP contribution is -1.99. The standard InChI is InChI=1S/C9H14O/c1-3-5-9(10)8-6-7(8)4-2/h3,7-8H,1,4-6H2,2H3/t7-,8-/m1/s1. The second-order valence-corrected chi connectivity index (χ2v) is 2.97. The molecular formula is C9H14O. The normalized spacial score (nSPS) is 29.7. The number of carbonyl (C=O) groups excluding carboxylic acids is 1. The summed E-state index contributed by atoms with van der Waals surface area (Å²) in [5.74, 6) is 1.48. The van der Waals surface area contributed by atoms with Crippen LogP contribution >= 0.6 is 0 Å². The molecule has 0 aromatic carbocycles. The van der Waals surface area contributed by atoms with Gasteiger partial charge in [0.25, 0.3) is 0 Å². The molecule has 0 bridgehead atoms. The molecule has 1 nitrogen and oxygen atoms in total. The summed E-state index contributed by atoms with van der Waals surface area (Å²) in [6, 6.07) is 0. The Bertz CT molecular complexity index is 149. The highest BCUT2D eigenvalue weighted by molar-refractivity contribution is 5.84. The Balaban J connectivity index is 2.25. The first-order valence-corrected chi connectivity index (χ1v) is 3.93. The highest BCUT2D eigenvalue weighted by Crippen LogP contribution is 2.42. The molecule has 0 aromatic heterocycles. The highest BCUT2D eigenvalue weighted by atomic mass is 16.1. The van der Waals surface area contributed by atoms with Gasteiger partial charge in [0.15, 0.2) is 0 Å². The van der Waals surface area contributed by atoms with E-state index in [0.717, 1.165) is 12.8 Å². The van der Waals surface area contributed by atoms with Gasteiger partial charge in [-0.15, -0.1) is 6.58 Å². The molecule has 1 aliphatic carbocycles. The number of carbonyl (C=O) groups is 1. The number of Topliss-reactive ketones (excluding diaryl/α,β-unsaturated/α-hetero) is 1. The molecule has 1 saturated carbocycles. The van der Waals surface area contributed by atoms with Crippen LogP contribution in [0.5, 0.6) is 0 Å². The summed E-state index contributed by atoms with van der Waals surface area (Å²) in [7, 11) is 0. The summed E-state index contributed by atoms with van der Waals surface area (Å²) < 4.78 is 0. The van der Waals surface area contributed by atoms with Crippen LogP contribution < -0.4 is 0 Å². The molecule has 0 saturated heterocycles. The number of hydrogen-bond donors (Lipinski definition) is 0. The van der Waals surface area contributed by atoms with Crippen LogP contribution in [-0.4, -0.2) is 5.78 Å². The van der Waals surface area contributed by atoms with Gasteiger partial charge >= 0.3 is 0 Å². The van der Waals surface area contributed by atoms with Gasteiger partial charge < -0.3 is 0 Å². The van der Waals surface area contributed by atoms with Gasteiger partial charge in [-0.3, -0.25) is 4.79 Å². The third kappa shape index (κ3) is 1.47. The molecule has 0 heterocycles. The van der Waals surface area contributed by atoms with Crippen molar-refractivity contribution in [3.05, 3.63) is 12.7 Å². The molecule has 0 radical (unpaired) electrons. The average molecular weight is 138 g/mol. The molecule has 0 spiro atoms. The molecule has 2 atom stereocenters. The molecule has 1 heteroatoms. The van der Waals surface area contributed by atoms with Crippen molar-refractivity contribution in [3.8, 4) is 0 Å². The monoisotopic (exact) mass is 138 g/mol. The smallest absolute Gasteiger partial charge is 0.139 e. The Morgan fingerprint density at radius 3 is 2.90 bits per heavy atom. The minimum absolute atomic E-state index is 0.391. The quantitative estimate of drug-likeness (QED) is 0.544. The second-order valence-electron chi connectivity index (χ2n) is 2.97. The van der Waals surface area contributed by atoms with E-state index < -0.39 is 0 Å². The van der Waals surface area contributed by atoms with Crippen molar-refractivity contribution in [1.82, 2.24) is 0 Å². The molecule has 0 amide bonds. The topological polar surface area (TPSA) is 17.1 Å². The molecule has 1 fully saturated rings. The fraction of sp³-hybridized carbons (Fsp3) is 0.667. The molecule has 56 valence electrons. The van der Waals surface area contributed by atoms with Gasteiger partial charge in [-0.25, -0.2) is 0 Å². The molecule has 0 N–H and O–H groups in total. The minimum Gasteiger partial charge on any atom is -0.299 e. The molecule has 0 aromatic rings. The summed E-state index contributed by atoms with van der Waals surface area (Å²) in [5.41, 5.74) is 0. The van der Waals surface area contributed by atoms with E-state index in [1.54, 1.807) is 6.08 Å². The zero-order valence-electron chi connectivity index (χ0n) is 6.47. The van der Waals surface area contributed by atoms with Crippen molar-refractivity contribution in [2.24, 2.45) is 11.8 Å². The van der Waals surface area contributed by atoms with E-state index in [2.05, 4.69) is 13.5 Å². The van der Waals surface area contributed by atoms with Crippen molar-refractivity contribution >= 4 is 5.78 Å². The summed E-state index contributed by atoms with van der Waals surface area (Å²) in [6.07, 6.45) is 4.56. The van der Waals surface area contributed by atoms with Crippen molar-refractivity contribution in [1.29, 1.82) is 0 Å². The van der Waals surface area contributed by atoms with Crippen LogP contribution in [0.4, 0.5) is 0 Å². The van der Waals surface area contributed by atoms with Gasteiger partial charge in [-0.05, 0) is 12.3 Å². The van der Waals surface area contributed by atoms with Crippen LogP contribution in [0.1, 0.15) is 26.2 Å². The van der Waals surface area contributed by atoms with Crippen molar-refractivity contribution in [2.45, 2.75) is 26.2 Å². The van der Waals surface area contributed by atoms with Gasteiger partial charge in [0.1, 0.15) is 5.78 Å². The van der Waals surface area contributed by atoms with Gasteiger partial charge in [0, 0.05) is 12.3 Å². The average Bonchev–Trinajstić information content (AvgIpc) is 2.66. The van der Waals surface area contributed by atoms with E-state index in [-0.39, 0.29) is 0 Å². The Morgan fingerprint density at radius 2 is 2.50 bits per heavy atom. The van der Waals surface area contributed by atoms with Crippen LogP contribution in [0, 0.1) is 11.8 Å². The van der Waals surface area contributed by atoms with Gasteiger partial charge in [-0.1, -0.05) is 19.4 Å². The summed E-state index contributed by atoms with van der Waals surface area (Å²) in [4.78, 5) is 11.1. The van der Waals surface area contributed by atoms with E-state index >= 15 is 0 Å². The van der Waals surface area contributed by atoms with Crippen LogP contribution in [0.15, 0.2) is 12.7 Å². The zero-order chi connectivity index (χ0) is 7.56. The van der Waals surface area contributed by atoms with Crippen LogP contribution in [-0.2, 0) is 4.79 Å². The van der Waals surface area contributed by atoms with E-state index in [1.165, 1.54) is 0 Å². The minimum atomic E-state index is 0.391. The zero-order valence-corrected chi connectivity index (χ0v) is 6.47.